The molecule has 0 aliphatic carbocycles. The van der Waals surface area contributed by atoms with Crippen LogP contribution in [0, 0.1) is 5.82 Å². The van der Waals surface area contributed by atoms with E-state index in [1.165, 1.54) is 31.7 Å². The third kappa shape index (κ3) is 5.03. The van der Waals surface area contributed by atoms with Gasteiger partial charge in [0.2, 0.25) is 5.91 Å². The Labute approximate surface area is 209 Å². The SMILES string of the molecule is COC(=O)c1csc(NC(=O)[C@H](Cc2ccccc2)N2C(=O)N[C@H](c3ccc(OC)cc3F)C2=O)n1. The number of methoxy groups -OCH3 is 2. The number of anilines is 1. The average Bonchev–Trinajstić information content (AvgIpc) is 3.46. The first-order valence-electron chi connectivity index (χ1n) is 10.7. The van der Waals surface area contributed by atoms with Crippen LogP contribution in [0.1, 0.15) is 27.7 Å². The first kappa shape index (κ1) is 24.8. The first-order chi connectivity index (χ1) is 17.3. The summed E-state index contributed by atoms with van der Waals surface area (Å²) in [5, 5.41) is 6.51. The van der Waals surface area contributed by atoms with Gasteiger partial charge in [-0.05, 0) is 17.7 Å². The van der Waals surface area contributed by atoms with Crippen molar-refractivity contribution in [3.05, 3.63) is 76.5 Å². The standard InChI is InChI=1S/C24H21FN4O6S/c1-34-14-8-9-15(16(25)11-14)19-21(31)29(24(33)27-19)18(10-13-6-4-3-5-7-13)20(30)28-23-26-17(12-36-23)22(32)35-2/h3-9,11-12,18-19H,10H2,1-2H3,(H,27,33)(H,26,28,30)/t18-,19+/m0/s1. The van der Waals surface area contributed by atoms with E-state index in [0.29, 0.717) is 5.56 Å². The average molecular weight is 513 g/mol. The molecule has 0 bridgehead atoms. The topological polar surface area (TPSA) is 127 Å². The van der Waals surface area contributed by atoms with Crippen LogP contribution in [0.2, 0.25) is 0 Å². The van der Waals surface area contributed by atoms with Crippen LogP contribution in [0.4, 0.5) is 14.3 Å². The Morgan fingerprint density at radius 3 is 2.61 bits per heavy atom. The van der Waals surface area contributed by atoms with Crippen LogP contribution in [-0.4, -0.2) is 54.0 Å². The molecule has 4 rings (SSSR count). The van der Waals surface area contributed by atoms with Crippen molar-refractivity contribution < 1.29 is 33.0 Å². The zero-order valence-electron chi connectivity index (χ0n) is 19.2. The maximum Gasteiger partial charge on any atom is 0.357 e. The summed E-state index contributed by atoms with van der Waals surface area (Å²) in [5.74, 6) is -2.65. The van der Waals surface area contributed by atoms with Gasteiger partial charge in [-0.2, -0.15) is 0 Å². The second-order valence-corrected chi connectivity index (χ2v) is 8.56. The number of halogens is 1. The fourth-order valence-electron chi connectivity index (χ4n) is 3.73. The van der Waals surface area contributed by atoms with E-state index in [9.17, 15) is 23.6 Å². The van der Waals surface area contributed by atoms with Crippen molar-refractivity contribution >= 4 is 40.3 Å². The summed E-state index contributed by atoms with van der Waals surface area (Å²) in [6.07, 6.45) is -0.00111. The molecular formula is C24H21FN4O6S. The molecule has 10 nitrogen and oxygen atoms in total. The number of aromatic nitrogens is 1. The van der Waals surface area contributed by atoms with E-state index in [-0.39, 0.29) is 28.6 Å². The molecule has 2 heterocycles. The van der Waals surface area contributed by atoms with E-state index in [2.05, 4.69) is 20.4 Å². The van der Waals surface area contributed by atoms with Crippen LogP contribution in [0.3, 0.4) is 0 Å². The minimum atomic E-state index is -1.32. The zero-order valence-corrected chi connectivity index (χ0v) is 20.0. The van der Waals surface area contributed by atoms with Crippen molar-refractivity contribution in [3.8, 4) is 5.75 Å². The molecule has 0 radical (unpaired) electrons. The number of nitrogens with one attached hydrogen (secondary N) is 2. The largest absolute Gasteiger partial charge is 0.497 e. The first-order valence-corrected chi connectivity index (χ1v) is 11.6. The summed E-state index contributed by atoms with van der Waals surface area (Å²) in [6, 6.07) is 9.28. The summed E-state index contributed by atoms with van der Waals surface area (Å²) in [7, 11) is 2.58. The van der Waals surface area contributed by atoms with Crippen LogP contribution >= 0.6 is 11.3 Å². The number of ether oxygens (including phenoxy) is 2. The van der Waals surface area contributed by atoms with Gasteiger partial charge >= 0.3 is 12.0 Å². The molecule has 1 aliphatic rings. The van der Waals surface area contributed by atoms with Gasteiger partial charge in [-0.15, -0.1) is 11.3 Å². The molecule has 12 heteroatoms. The van der Waals surface area contributed by atoms with E-state index in [1.54, 1.807) is 30.3 Å². The second kappa shape index (κ2) is 10.5. The van der Waals surface area contributed by atoms with Crippen molar-refractivity contribution in [1.82, 2.24) is 15.2 Å². The van der Waals surface area contributed by atoms with Gasteiger partial charge in [-0.1, -0.05) is 30.3 Å². The Kier molecular flexibility index (Phi) is 7.25. The molecular weight excluding hydrogens is 491 g/mol. The lowest BCUT2D eigenvalue weighted by atomic mass is 10.0. The van der Waals surface area contributed by atoms with Crippen LogP contribution < -0.4 is 15.4 Å². The number of rotatable bonds is 8. The van der Waals surface area contributed by atoms with Crippen LogP contribution in [0.25, 0.3) is 0 Å². The van der Waals surface area contributed by atoms with Crippen molar-refractivity contribution in [2.45, 2.75) is 18.5 Å². The third-order valence-electron chi connectivity index (χ3n) is 5.50. The van der Waals surface area contributed by atoms with Crippen LogP contribution in [0.5, 0.6) is 5.75 Å². The molecule has 0 spiro atoms. The molecule has 3 aromatic rings. The third-order valence-corrected chi connectivity index (χ3v) is 6.26. The highest BCUT2D eigenvalue weighted by Crippen LogP contribution is 2.29. The molecule has 2 aromatic carbocycles. The lowest BCUT2D eigenvalue weighted by molar-refractivity contribution is -0.134. The molecule has 2 atom stereocenters. The Balaban J connectivity index is 1.63. The summed E-state index contributed by atoms with van der Waals surface area (Å²) in [6.45, 7) is 0. The van der Waals surface area contributed by atoms with E-state index >= 15 is 0 Å². The summed E-state index contributed by atoms with van der Waals surface area (Å²) < 4.78 is 24.3. The number of thiazole rings is 1. The predicted octanol–water partition coefficient (Wildman–Crippen LogP) is 2.92. The van der Waals surface area contributed by atoms with Crippen molar-refractivity contribution in [2.24, 2.45) is 0 Å². The monoisotopic (exact) mass is 512 g/mol. The molecule has 0 saturated carbocycles. The molecule has 1 fully saturated rings. The number of amides is 4. The fraction of sp³-hybridized carbons (Fsp3) is 0.208. The van der Waals surface area contributed by atoms with Gasteiger partial charge in [-0.25, -0.2) is 23.9 Å². The highest BCUT2D eigenvalue weighted by molar-refractivity contribution is 7.14. The maximum atomic E-state index is 14.7. The summed E-state index contributed by atoms with van der Waals surface area (Å²) in [4.78, 5) is 56.0. The number of carbonyl (C=O) groups excluding carboxylic acids is 4. The predicted molar refractivity (Wildman–Crippen MR) is 127 cm³/mol. The number of nitrogens with zero attached hydrogens (tertiary/aromatic N) is 2. The number of esters is 1. The van der Waals surface area contributed by atoms with Gasteiger partial charge < -0.3 is 20.1 Å². The van der Waals surface area contributed by atoms with Crippen molar-refractivity contribution in [3.63, 3.8) is 0 Å². The second-order valence-electron chi connectivity index (χ2n) is 7.70. The molecule has 0 unspecified atom stereocenters. The number of hydrogen-bond donors (Lipinski definition) is 2. The Morgan fingerprint density at radius 1 is 1.19 bits per heavy atom. The Morgan fingerprint density at radius 2 is 1.94 bits per heavy atom. The number of benzene rings is 2. The molecule has 2 N–H and O–H groups in total. The fourth-order valence-corrected chi connectivity index (χ4v) is 4.41. The lowest BCUT2D eigenvalue weighted by Crippen LogP contribution is -2.49. The quantitative estimate of drug-likeness (QED) is 0.351. The van der Waals surface area contributed by atoms with Crippen LogP contribution in [-0.2, 0) is 20.7 Å². The molecule has 36 heavy (non-hydrogen) atoms. The maximum absolute atomic E-state index is 14.7. The zero-order chi connectivity index (χ0) is 25.8. The molecule has 4 amide bonds. The van der Waals surface area contributed by atoms with E-state index < -0.39 is 41.7 Å². The van der Waals surface area contributed by atoms with E-state index in [1.807, 2.05) is 0 Å². The van der Waals surface area contributed by atoms with Gasteiger partial charge in [-0.3, -0.25) is 9.59 Å². The van der Waals surface area contributed by atoms with Gasteiger partial charge in [0.25, 0.3) is 5.91 Å². The summed E-state index contributed by atoms with van der Waals surface area (Å²) in [5.41, 5.74) is 0.632. The Hall–Kier alpha value is -4.32. The number of carbonyl (C=O) groups is 4. The number of hydrogen-bond acceptors (Lipinski definition) is 8. The van der Waals surface area contributed by atoms with Gasteiger partial charge in [0.15, 0.2) is 10.8 Å². The number of imide groups is 1. The van der Waals surface area contributed by atoms with E-state index in [0.717, 1.165) is 22.3 Å². The van der Waals surface area contributed by atoms with Crippen molar-refractivity contribution in [2.75, 3.05) is 19.5 Å². The van der Waals surface area contributed by atoms with Gasteiger partial charge in [0.05, 0.1) is 14.2 Å². The smallest absolute Gasteiger partial charge is 0.357 e. The molecule has 1 aromatic heterocycles. The van der Waals surface area contributed by atoms with Crippen molar-refractivity contribution in [1.29, 1.82) is 0 Å². The molecule has 186 valence electrons. The highest BCUT2D eigenvalue weighted by Gasteiger charge is 2.46. The minimum absolute atomic E-state index is 0.00111. The minimum Gasteiger partial charge on any atom is -0.497 e. The van der Waals surface area contributed by atoms with Gasteiger partial charge in [0.1, 0.15) is 23.7 Å². The lowest BCUT2D eigenvalue weighted by Gasteiger charge is -2.24. The normalized spacial score (nSPS) is 15.9. The highest BCUT2D eigenvalue weighted by atomic mass is 32.1. The summed E-state index contributed by atoms with van der Waals surface area (Å²) >= 11 is 0.983. The molecule has 1 saturated heterocycles. The molecule has 1 aliphatic heterocycles. The van der Waals surface area contributed by atoms with Crippen LogP contribution in [0.15, 0.2) is 53.9 Å². The Bertz CT molecular complexity index is 1310. The van der Waals surface area contributed by atoms with E-state index in [4.69, 9.17) is 4.74 Å². The van der Waals surface area contributed by atoms with Gasteiger partial charge in [0, 0.05) is 23.4 Å². The number of urea groups is 1.